The van der Waals surface area contributed by atoms with Gasteiger partial charge in [-0.25, -0.2) is 4.99 Å². The summed E-state index contributed by atoms with van der Waals surface area (Å²) in [6.45, 7) is 9.56. The number of hydrogen-bond acceptors (Lipinski definition) is 4. The third-order valence-corrected chi connectivity index (χ3v) is 14.9. The van der Waals surface area contributed by atoms with Crippen LogP contribution < -0.4 is 10.2 Å². The normalized spacial score (nSPS) is 17.6. The SMILES string of the molecule is CC1(C)c2ccccc2-c2ccc(N(c3ccccc3)c3c4c(cc5ccccc35)C(C)(C)c3cc(C5=Nc6c(sc7ccccc67)C(C6=CCCC=C6)N5)ccc3-4)cc21. The first-order valence-corrected chi connectivity index (χ1v) is 22.1. The lowest BCUT2D eigenvalue weighted by Gasteiger charge is -2.31. The lowest BCUT2D eigenvalue weighted by Crippen LogP contribution is -2.32. The number of nitrogens with zero attached hydrogens (tertiary/aromatic N) is 2. The number of benzene rings is 7. The molecule has 4 aliphatic rings. The summed E-state index contributed by atoms with van der Waals surface area (Å²) >= 11 is 1.87. The zero-order chi connectivity index (χ0) is 40.3. The highest BCUT2D eigenvalue weighted by molar-refractivity contribution is 7.19. The van der Waals surface area contributed by atoms with Crippen LogP contribution in [-0.2, 0) is 10.8 Å². The van der Waals surface area contributed by atoms with Gasteiger partial charge >= 0.3 is 0 Å². The van der Waals surface area contributed by atoms with Gasteiger partial charge in [0, 0.05) is 48.8 Å². The zero-order valence-electron chi connectivity index (χ0n) is 34.4. The zero-order valence-corrected chi connectivity index (χ0v) is 35.2. The van der Waals surface area contributed by atoms with Gasteiger partial charge in [-0.3, -0.25) is 0 Å². The fourth-order valence-corrected chi connectivity index (χ4v) is 11.9. The molecule has 0 saturated heterocycles. The van der Waals surface area contributed by atoms with E-state index in [4.69, 9.17) is 4.99 Å². The summed E-state index contributed by atoms with van der Waals surface area (Å²) in [4.78, 5) is 9.28. The highest BCUT2D eigenvalue weighted by atomic mass is 32.1. The number of nitrogens with one attached hydrogen (secondary N) is 1. The van der Waals surface area contributed by atoms with Crippen LogP contribution in [0.3, 0.4) is 0 Å². The molecule has 3 aliphatic carbocycles. The molecule has 1 unspecified atom stereocenters. The van der Waals surface area contributed by atoms with E-state index in [0.29, 0.717) is 0 Å². The van der Waals surface area contributed by atoms with Gasteiger partial charge in [0.25, 0.3) is 0 Å². The molecule has 4 heteroatoms. The van der Waals surface area contributed by atoms with Crippen LogP contribution in [0.15, 0.2) is 174 Å². The van der Waals surface area contributed by atoms with Crippen LogP contribution in [0.5, 0.6) is 0 Å². The highest BCUT2D eigenvalue weighted by Gasteiger charge is 2.41. The minimum Gasteiger partial charge on any atom is -0.358 e. The van der Waals surface area contributed by atoms with Crippen molar-refractivity contribution in [3.8, 4) is 22.3 Å². The summed E-state index contributed by atoms with van der Waals surface area (Å²) in [5, 5.41) is 7.67. The smallest absolute Gasteiger partial charge is 0.134 e. The average Bonchev–Trinajstić information content (AvgIpc) is 3.86. The number of para-hydroxylation sites is 1. The van der Waals surface area contributed by atoms with Gasteiger partial charge in [0.1, 0.15) is 5.84 Å². The molecule has 0 bridgehead atoms. The molecule has 1 aromatic heterocycles. The van der Waals surface area contributed by atoms with E-state index in [1.165, 1.54) is 87.2 Å². The topological polar surface area (TPSA) is 27.6 Å². The van der Waals surface area contributed by atoms with E-state index in [1.54, 1.807) is 0 Å². The predicted molar refractivity (Wildman–Crippen MR) is 254 cm³/mol. The molecule has 1 aliphatic heterocycles. The van der Waals surface area contributed by atoms with E-state index in [0.717, 1.165) is 35.6 Å². The second-order valence-corrected chi connectivity index (χ2v) is 18.9. The first-order valence-electron chi connectivity index (χ1n) is 21.3. The number of rotatable bonds is 5. The van der Waals surface area contributed by atoms with E-state index in [2.05, 4.69) is 202 Å². The predicted octanol–water partition coefficient (Wildman–Crippen LogP) is 15.1. The Kier molecular flexibility index (Phi) is 7.68. The van der Waals surface area contributed by atoms with Crippen molar-refractivity contribution in [2.24, 2.45) is 4.99 Å². The standard InChI is InChI=1S/C56H45N3S/c1-55(2)44-25-15-13-23-40(44)41-30-28-38(33-46(41)55)59(37-20-9-6-10-21-37)52-39-22-12-11-19-35(39)31-47-49(52)42-29-27-36(32-45(42)56(47,3)4)54-57-50(34-17-7-5-8-18-34)53-51(58-54)43-24-14-16-26-48(43)60-53/h6-7,9-33,50H,5,8H2,1-4H3,(H,57,58). The summed E-state index contributed by atoms with van der Waals surface area (Å²) in [6.07, 6.45) is 9.19. The van der Waals surface area contributed by atoms with E-state index in [-0.39, 0.29) is 16.9 Å². The van der Waals surface area contributed by atoms with Crippen molar-refractivity contribution in [3.63, 3.8) is 0 Å². The largest absolute Gasteiger partial charge is 0.358 e. The molecule has 0 fully saturated rings. The van der Waals surface area contributed by atoms with Crippen LogP contribution in [0.25, 0.3) is 43.1 Å². The summed E-state index contributed by atoms with van der Waals surface area (Å²) in [5.74, 6) is 0.934. The van der Waals surface area contributed by atoms with E-state index < -0.39 is 0 Å². The van der Waals surface area contributed by atoms with Crippen LogP contribution >= 0.6 is 11.3 Å². The Morgan fingerprint density at radius 2 is 1.33 bits per heavy atom. The lowest BCUT2D eigenvalue weighted by atomic mass is 9.81. The van der Waals surface area contributed by atoms with Gasteiger partial charge in [-0.1, -0.05) is 149 Å². The Balaban J connectivity index is 1.06. The second kappa shape index (κ2) is 13.0. The first kappa shape index (κ1) is 35.5. The molecular formula is C56H45N3S. The summed E-state index contributed by atoms with van der Waals surface area (Å²) in [5.41, 5.74) is 17.4. The molecule has 0 amide bonds. The Morgan fingerprint density at radius 1 is 0.617 bits per heavy atom. The maximum atomic E-state index is 5.45. The molecule has 1 N–H and O–H groups in total. The molecule has 3 nitrogen and oxygen atoms in total. The van der Waals surface area contributed by atoms with Gasteiger partial charge in [0.15, 0.2) is 0 Å². The van der Waals surface area contributed by atoms with E-state index in [1.807, 2.05) is 11.3 Å². The number of fused-ring (bicyclic) bond motifs is 10. The molecule has 2 heterocycles. The molecule has 7 aromatic carbocycles. The Hall–Kier alpha value is -6.49. The van der Waals surface area contributed by atoms with Crippen molar-refractivity contribution < 1.29 is 0 Å². The number of hydrogen-bond donors (Lipinski definition) is 1. The fraction of sp³-hybridized carbons (Fsp3) is 0.161. The van der Waals surface area contributed by atoms with Crippen molar-refractivity contribution >= 4 is 60.8 Å². The average molecular weight is 792 g/mol. The first-order chi connectivity index (χ1) is 29.3. The van der Waals surface area contributed by atoms with Gasteiger partial charge in [-0.2, -0.15) is 0 Å². The molecule has 290 valence electrons. The number of anilines is 3. The van der Waals surface area contributed by atoms with Crippen molar-refractivity contribution in [3.05, 3.63) is 202 Å². The van der Waals surface area contributed by atoms with Crippen molar-refractivity contribution in [2.45, 2.75) is 57.4 Å². The minimum absolute atomic E-state index is 0.0568. The lowest BCUT2D eigenvalue weighted by molar-refractivity contribution is 0.660. The fourth-order valence-electron chi connectivity index (χ4n) is 10.7. The van der Waals surface area contributed by atoms with Crippen molar-refractivity contribution in [1.82, 2.24) is 5.32 Å². The molecule has 12 rings (SSSR count). The van der Waals surface area contributed by atoms with Gasteiger partial charge in [0.05, 0.1) is 22.3 Å². The third kappa shape index (κ3) is 5.10. The van der Waals surface area contributed by atoms with Crippen LogP contribution in [0.2, 0.25) is 0 Å². The quantitative estimate of drug-likeness (QED) is 0.188. The minimum atomic E-state index is -0.271. The van der Waals surface area contributed by atoms with Crippen molar-refractivity contribution in [2.75, 3.05) is 4.90 Å². The molecule has 0 saturated carbocycles. The summed E-state index contributed by atoms with van der Waals surface area (Å²) in [6, 6.07) is 54.4. The van der Waals surface area contributed by atoms with E-state index in [9.17, 15) is 0 Å². The van der Waals surface area contributed by atoms with Crippen LogP contribution in [0, 0.1) is 0 Å². The number of allylic oxidation sites excluding steroid dienone is 2. The Labute approximate surface area is 356 Å². The number of thiophene rings is 1. The monoisotopic (exact) mass is 791 g/mol. The highest BCUT2D eigenvalue weighted by Crippen LogP contribution is 2.58. The molecule has 0 radical (unpaired) electrons. The van der Waals surface area contributed by atoms with Gasteiger partial charge in [-0.05, 0) is 105 Å². The van der Waals surface area contributed by atoms with Gasteiger partial charge in [-0.15, -0.1) is 11.3 Å². The number of aliphatic imine (C=N–C) groups is 1. The molecule has 1 atom stereocenters. The van der Waals surface area contributed by atoms with Gasteiger partial charge < -0.3 is 10.2 Å². The summed E-state index contributed by atoms with van der Waals surface area (Å²) in [7, 11) is 0. The van der Waals surface area contributed by atoms with E-state index >= 15 is 0 Å². The third-order valence-electron chi connectivity index (χ3n) is 13.7. The van der Waals surface area contributed by atoms with Crippen LogP contribution in [-0.4, -0.2) is 5.84 Å². The maximum Gasteiger partial charge on any atom is 0.134 e. The molecule has 60 heavy (non-hydrogen) atoms. The summed E-state index contributed by atoms with van der Waals surface area (Å²) < 4.78 is 1.28. The maximum absolute atomic E-state index is 5.45. The number of amidine groups is 1. The van der Waals surface area contributed by atoms with Gasteiger partial charge in [0.2, 0.25) is 0 Å². The van der Waals surface area contributed by atoms with Crippen molar-refractivity contribution in [1.29, 1.82) is 0 Å². The second-order valence-electron chi connectivity index (χ2n) is 17.9. The molecular weight excluding hydrogens is 747 g/mol. The Bertz CT molecular complexity index is 3190. The van der Waals surface area contributed by atoms with Crippen LogP contribution in [0.4, 0.5) is 22.7 Å². The molecule has 8 aromatic rings. The molecule has 0 spiro atoms. The van der Waals surface area contributed by atoms with Crippen LogP contribution in [0.1, 0.15) is 79.3 Å². The Morgan fingerprint density at radius 3 is 2.18 bits per heavy atom.